The van der Waals surface area contributed by atoms with Gasteiger partial charge in [0.25, 0.3) is 5.91 Å². The first-order valence-corrected chi connectivity index (χ1v) is 12.8. The minimum Gasteiger partial charge on any atom is -0.364 e. The summed E-state index contributed by atoms with van der Waals surface area (Å²) in [5.74, 6) is 1.23. The Morgan fingerprint density at radius 2 is 1.97 bits per heavy atom. The van der Waals surface area contributed by atoms with E-state index in [0.29, 0.717) is 17.4 Å². The summed E-state index contributed by atoms with van der Waals surface area (Å²) in [4.78, 5) is 18.1. The van der Waals surface area contributed by atoms with Crippen molar-refractivity contribution in [1.29, 1.82) is 0 Å². The number of nitrogens with zero attached hydrogens (tertiary/aromatic N) is 5. The molecule has 5 rings (SSSR count). The molecule has 2 aromatic heterocycles. The molecule has 1 aromatic carbocycles. The number of rotatable bonds is 8. The topological polar surface area (TPSA) is 89.9 Å². The highest BCUT2D eigenvalue weighted by Gasteiger charge is 2.57. The van der Waals surface area contributed by atoms with Crippen LogP contribution < -0.4 is 5.73 Å². The molecule has 1 aliphatic carbocycles. The van der Waals surface area contributed by atoms with Crippen LogP contribution in [0.15, 0.2) is 47.6 Å². The molecule has 2 aliphatic rings. The fourth-order valence-corrected chi connectivity index (χ4v) is 6.00. The molecule has 2 fully saturated rings. The van der Waals surface area contributed by atoms with Crippen molar-refractivity contribution in [2.45, 2.75) is 36.5 Å². The maximum atomic E-state index is 12.8. The van der Waals surface area contributed by atoms with Crippen molar-refractivity contribution >= 4 is 17.7 Å². The average molecular weight is 517 g/mol. The van der Waals surface area contributed by atoms with Crippen molar-refractivity contribution in [2.24, 2.45) is 18.2 Å². The first kappa shape index (κ1) is 24.8. The predicted molar refractivity (Wildman–Crippen MR) is 130 cm³/mol. The molecule has 1 saturated carbocycles. The van der Waals surface area contributed by atoms with Gasteiger partial charge >= 0.3 is 6.18 Å². The number of amides is 1. The number of thioether (sulfide) groups is 1. The van der Waals surface area contributed by atoms with Gasteiger partial charge in [0.05, 0.1) is 5.56 Å². The quantitative estimate of drug-likeness (QED) is 0.354. The zero-order chi connectivity index (χ0) is 25.5. The van der Waals surface area contributed by atoms with Gasteiger partial charge in [-0.1, -0.05) is 30.0 Å². The fraction of sp³-hybridized carbons (Fsp3) is 0.440. The molecule has 3 aromatic rings. The molecule has 0 bridgehead atoms. The van der Waals surface area contributed by atoms with Gasteiger partial charge in [0.15, 0.2) is 11.0 Å². The lowest BCUT2D eigenvalue weighted by Crippen LogP contribution is -2.23. The number of aromatic nitrogens is 4. The van der Waals surface area contributed by atoms with Crippen LogP contribution in [0.4, 0.5) is 13.2 Å². The highest BCUT2D eigenvalue weighted by molar-refractivity contribution is 7.99. The van der Waals surface area contributed by atoms with Gasteiger partial charge in [-0.15, -0.1) is 10.2 Å². The van der Waals surface area contributed by atoms with Gasteiger partial charge in [-0.2, -0.15) is 13.2 Å². The number of nitrogens with two attached hydrogens (primary N) is 1. The van der Waals surface area contributed by atoms with Crippen LogP contribution in [-0.2, 0) is 13.2 Å². The minimum absolute atomic E-state index is 0.185. The largest absolute Gasteiger partial charge is 0.416 e. The Kier molecular flexibility index (Phi) is 6.54. The second-order valence-corrected chi connectivity index (χ2v) is 10.7. The van der Waals surface area contributed by atoms with Gasteiger partial charge in [0.2, 0.25) is 0 Å². The molecule has 11 heteroatoms. The summed E-state index contributed by atoms with van der Waals surface area (Å²) in [5, 5.41) is 9.28. The summed E-state index contributed by atoms with van der Waals surface area (Å²) in [6.07, 6.45) is -1.16. The number of halogens is 3. The minimum atomic E-state index is -4.29. The lowest BCUT2D eigenvalue weighted by Gasteiger charge is -2.16. The summed E-state index contributed by atoms with van der Waals surface area (Å²) in [7, 11) is 1.87. The Hall–Kier alpha value is -2.92. The first-order valence-electron chi connectivity index (χ1n) is 11.9. The molecule has 2 N–H and O–H groups in total. The molecule has 0 radical (unpaired) electrons. The highest BCUT2D eigenvalue weighted by Crippen LogP contribution is 2.64. The Morgan fingerprint density at radius 3 is 2.69 bits per heavy atom. The molecule has 1 amide bonds. The third kappa shape index (κ3) is 4.99. The van der Waals surface area contributed by atoms with Crippen LogP contribution in [0.3, 0.4) is 0 Å². The zero-order valence-electron chi connectivity index (χ0n) is 19.8. The van der Waals surface area contributed by atoms with E-state index in [4.69, 9.17) is 5.73 Å². The van der Waals surface area contributed by atoms with E-state index in [1.54, 1.807) is 42.1 Å². The molecule has 1 saturated heterocycles. The average Bonchev–Trinajstić information content (AvgIpc) is 3.19. The van der Waals surface area contributed by atoms with E-state index >= 15 is 0 Å². The van der Waals surface area contributed by atoms with Gasteiger partial charge in [0.1, 0.15) is 11.4 Å². The Morgan fingerprint density at radius 1 is 1.19 bits per heavy atom. The van der Waals surface area contributed by atoms with Gasteiger partial charge in [-0.25, -0.2) is 4.98 Å². The first-order chi connectivity index (χ1) is 17.2. The van der Waals surface area contributed by atoms with E-state index in [-0.39, 0.29) is 11.1 Å². The summed E-state index contributed by atoms with van der Waals surface area (Å²) >= 11 is 1.62. The van der Waals surface area contributed by atoms with Crippen molar-refractivity contribution in [3.05, 3.63) is 59.3 Å². The van der Waals surface area contributed by atoms with E-state index in [9.17, 15) is 18.0 Å². The number of benzene rings is 1. The van der Waals surface area contributed by atoms with E-state index in [0.717, 1.165) is 55.4 Å². The molecule has 3 heterocycles. The number of carbonyl (C=O) groups excluding carboxylic acids is 1. The van der Waals surface area contributed by atoms with Crippen molar-refractivity contribution in [3.63, 3.8) is 0 Å². The summed E-state index contributed by atoms with van der Waals surface area (Å²) in [6.45, 7) is 3.00. The van der Waals surface area contributed by atoms with Crippen LogP contribution in [0.5, 0.6) is 0 Å². The lowest BCUT2D eigenvalue weighted by molar-refractivity contribution is -0.137. The maximum Gasteiger partial charge on any atom is 0.416 e. The number of pyridine rings is 1. The normalized spacial score (nSPS) is 21.8. The van der Waals surface area contributed by atoms with Crippen molar-refractivity contribution in [3.8, 4) is 11.5 Å². The molecule has 1 aliphatic heterocycles. The van der Waals surface area contributed by atoms with E-state index < -0.39 is 17.6 Å². The number of primary amides is 1. The summed E-state index contributed by atoms with van der Waals surface area (Å²) < 4.78 is 40.4. The molecule has 7 nitrogen and oxygen atoms in total. The predicted octanol–water partition coefficient (Wildman–Crippen LogP) is 4.36. The SMILES string of the molecule is Cn1c(SCCCN2CC[C@]3(C[C@@H]3c3ccc(C(F)(F)F)cc3)C2)nnc1-c1cccc(C(N)=O)n1. The van der Waals surface area contributed by atoms with Crippen LogP contribution >= 0.6 is 11.8 Å². The highest BCUT2D eigenvalue weighted by atomic mass is 32.2. The molecule has 2 atom stereocenters. The maximum absolute atomic E-state index is 12.8. The van der Waals surface area contributed by atoms with Crippen LogP contribution in [0, 0.1) is 5.41 Å². The molecule has 190 valence electrons. The lowest BCUT2D eigenvalue weighted by atomic mass is 9.97. The van der Waals surface area contributed by atoms with E-state index in [1.807, 2.05) is 11.6 Å². The second kappa shape index (κ2) is 9.51. The zero-order valence-corrected chi connectivity index (χ0v) is 20.6. The molecular weight excluding hydrogens is 489 g/mol. The van der Waals surface area contributed by atoms with Crippen LogP contribution in [-0.4, -0.2) is 55.9 Å². The molecule has 1 spiro atoms. The number of carbonyl (C=O) groups is 1. The Bertz CT molecular complexity index is 1260. The Balaban J connectivity index is 1.10. The van der Waals surface area contributed by atoms with Crippen LogP contribution in [0.25, 0.3) is 11.5 Å². The van der Waals surface area contributed by atoms with Gasteiger partial charge in [0, 0.05) is 19.3 Å². The third-order valence-electron chi connectivity index (χ3n) is 7.21. The van der Waals surface area contributed by atoms with E-state index in [2.05, 4.69) is 20.1 Å². The summed E-state index contributed by atoms with van der Waals surface area (Å²) in [5.41, 5.74) is 6.71. The summed E-state index contributed by atoms with van der Waals surface area (Å²) in [6, 6.07) is 10.8. The standard InChI is InChI=1S/C25H27F3N6OS/c1-33-22(20-5-2-4-19(30-20)21(29)35)31-32-23(33)36-13-3-11-34-12-10-24(15-34)14-18(24)16-6-8-17(9-7-16)25(26,27)28/h2,4-9,18H,3,10-15H2,1H3,(H2,29,35)/t18-,24+/m1/s1. The van der Waals surface area contributed by atoms with Gasteiger partial charge in [-0.3, -0.25) is 4.79 Å². The van der Waals surface area contributed by atoms with Crippen molar-refractivity contribution in [2.75, 3.05) is 25.4 Å². The second-order valence-electron chi connectivity index (χ2n) is 9.60. The fourth-order valence-electron chi connectivity index (χ4n) is 5.16. The third-order valence-corrected chi connectivity index (χ3v) is 8.32. The number of likely N-dealkylation sites (tertiary alicyclic amines) is 1. The van der Waals surface area contributed by atoms with Gasteiger partial charge in [-0.05, 0) is 73.5 Å². The number of hydrogen-bond acceptors (Lipinski definition) is 6. The molecule has 36 heavy (non-hydrogen) atoms. The number of alkyl halides is 3. The van der Waals surface area contributed by atoms with E-state index in [1.165, 1.54) is 12.1 Å². The molecular formula is C25H27F3N6OS. The smallest absolute Gasteiger partial charge is 0.364 e. The Labute approximate surface area is 211 Å². The number of hydrogen-bond donors (Lipinski definition) is 1. The van der Waals surface area contributed by atoms with Crippen molar-refractivity contribution in [1.82, 2.24) is 24.6 Å². The monoisotopic (exact) mass is 516 g/mol. The van der Waals surface area contributed by atoms with Crippen LogP contribution in [0.1, 0.15) is 46.8 Å². The van der Waals surface area contributed by atoms with Crippen molar-refractivity contribution < 1.29 is 18.0 Å². The van der Waals surface area contributed by atoms with Gasteiger partial charge < -0.3 is 15.2 Å². The molecule has 0 unspecified atom stereocenters. The van der Waals surface area contributed by atoms with Crippen LogP contribution in [0.2, 0.25) is 0 Å².